The van der Waals surface area contributed by atoms with Crippen molar-refractivity contribution in [3.8, 4) is 0 Å². The molecule has 3 N–H and O–H groups in total. The number of nitrogens with zero attached hydrogens (tertiary/aromatic N) is 1. The molecule has 154 valence electrons. The highest BCUT2D eigenvalue weighted by atomic mass is 19.1. The summed E-state index contributed by atoms with van der Waals surface area (Å²) in [6.45, 7) is 4.55. The van der Waals surface area contributed by atoms with Gasteiger partial charge in [-0.2, -0.15) is 0 Å². The van der Waals surface area contributed by atoms with Crippen LogP contribution < -0.4 is 16.2 Å². The zero-order valence-electron chi connectivity index (χ0n) is 16.1. The summed E-state index contributed by atoms with van der Waals surface area (Å²) < 4.78 is 18.2. The van der Waals surface area contributed by atoms with E-state index in [2.05, 4.69) is 33.2 Å². The largest absolute Gasteiger partial charge is 0.379 e. The van der Waals surface area contributed by atoms with Gasteiger partial charge in [-0.1, -0.05) is 36.4 Å². The maximum atomic E-state index is 12.9. The third-order valence-electron chi connectivity index (χ3n) is 4.55. The Balaban J connectivity index is 1.39. The van der Waals surface area contributed by atoms with Gasteiger partial charge in [0.15, 0.2) is 0 Å². The number of carbonyl (C=O) groups excluding carboxylic acids is 2. The Labute approximate surface area is 169 Å². The minimum Gasteiger partial charge on any atom is -0.379 e. The topological polar surface area (TPSA) is 82.7 Å². The molecular weight excluding hydrogens is 375 g/mol. The number of benzene rings is 2. The summed E-state index contributed by atoms with van der Waals surface area (Å²) >= 11 is 0. The summed E-state index contributed by atoms with van der Waals surface area (Å²) in [7, 11) is 0. The first kappa shape index (κ1) is 20.8. The highest BCUT2D eigenvalue weighted by Crippen LogP contribution is 2.10. The zero-order valence-corrected chi connectivity index (χ0v) is 16.1. The van der Waals surface area contributed by atoms with Crippen molar-refractivity contribution in [2.24, 2.45) is 0 Å². The first-order chi connectivity index (χ1) is 14.1. The van der Waals surface area contributed by atoms with Gasteiger partial charge in [-0.15, -0.1) is 0 Å². The van der Waals surface area contributed by atoms with Crippen LogP contribution in [-0.2, 0) is 29.0 Å². The van der Waals surface area contributed by atoms with Crippen LogP contribution in [0.1, 0.15) is 16.7 Å². The molecule has 0 bridgehead atoms. The summed E-state index contributed by atoms with van der Waals surface area (Å²) in [5, 5.41) is 2.71. The lowest BCUT2D eigenvalue weighted by Gasteiger charge is -2.26. The monoisotopic (exact) mass is 400 g/mol. The number of urea groups is 1. The van der Waals surface area contributed by atoms with Crippen molar-refractivity contribution in [3.05, 3.63) is 71.0 Å². The molecule has 0 spiro atoms. The smallest absolute Gasteiger partial charge is 0.333 e. The van der Waals surface area contributed by atoms with Gasteiger partial charge in [0.25, 0.3) is 0 Å². The number of rotatable bonds is 6. The highest BCUT2D eigenvalue weighted by Gasteiger charge is 2.11. The second-order valence-electron chi connectivity index (χ2n) is 6.87. The molecule has 1 heterocycles. The number of hydrogen-bond donors (Lipinski definition) is 3. The predicted molar refractivity (Wildman–Crippen MR) is 106 cm³/mol. The molecule has 0 aromatic heterocycles. The third kappa shape index (κ3) is 7.17. The lowest BCUT2D eigenvalue weighted by Crippen LogP contribution is -2.47. The zero-order chi connectivity index (χ0) is 20.5. The number of hydrazine groups is 1. The van der Waals surface area contributed by atoms with E-state index in [1.807, 2.05) is 12.1 Å². The number of ether oxygens (including phenoxy) is 1. The molecule has 2 aromatic carbocycles. The first-order valence-electron chi connectivity index (χ1n) is 9.53. The van der Waals surface area contributed by atoms with Gasteiger partial charge in [0.2, 0.25) is 5.91 Å². The minimum atomic E-state index is -0.504. The van der Waals surface area contributed by atoms with Crippen LogP contribution in [0, 0.1) is 5.82 Å². The van der Waals surface area contributed by atoms with Gasteiger partial charge in [0.05, 0.1) is 19.6 Å². The van der Waals surface area contributed by atoms with Gasteiger partial charge >= 0.3 is 6.03 Å². The quantitative estimate of drug-likeness (QED) is 0.645. The molecule has 0 unspecified atom stereocenters. The molecule has 1 aliphatic heterocycles. The molecule has 8 heteroatoms. The van der Waals surface area contributed by atoms with Gasteiger partial charge in [0.1, 0.15) is 5.82 Å². The van der Waals surface area contributed by atoms with E-state index >= 15 is 0 Å². The Morgan fingerprint density at radius 2 is 1.69 bits per heavy atom. The Morgan fingerprint density at radius 3 is 2.45 bits per heavy atom. The Hall–Kier alpha value is -2.97. The van der Waals surface area contributed by atoms with Crippen LogP contribution in [0.3, 0.4) is 0 Å². The number of hydrogen-bond acceptors (Lipinski definition) is 4. The standard InChI is InChI=1S/C21H25FN4O3/c22-19-6-4-16(5-7-19)13-20(27)24-25-21(28)23-14-17-2-1-3-18(12-17)15-26-8-10-29-11-9-26/h1-7,12H,8-11,13-15H2,(H,24,27)(H2,23,25,28). The molecule has 1 aliphatic rings. The van der Waals surface area contributed by atoms with E-state index in [0.29, 0.717) is 12.1 Å². The second-order valence-corrected chi connectivity index (χ2v) is 6.87. The molecule has 1 fully saturated rings. The molecule has 2 aromatic rings. The lowest BCUT2D eigenvalue weighted by molar-refractivity contribution is -0.121. The van der Waals surface area contributed by atoms with Crippen LogP contribution in [0.2, 0.25) is 0 Å². The highest BCUT2D eigenvalue weighted by molar-refractivity contribution is 5.82. The Morgan fingerprint density at radius 1 is 0.966 bits per heavy atom. The summed E-state index contributed by atoms with van der Waals surface area (Å²) in [5.74, 6) is -0.750. The third-order valence-corrected chi connectivity index (χ3v) is 4.55. The van der Waals surface area contributed by atoms with Gasteiger partial charge in [-0.05, 0) is 28.8 Å². The second kappa shape index (κ2) is 10.5. The van der Waals surface area contributed by atoms with E-state index in [9.17, 15) is 14.0 Å². The van der Waals surface area contributed by atoms with Crippen LogP contribution >= 0.6 is 0 Å². The minimum absolute atomic E-state index is 0.0458. The summed E-state index contributed by atoms with van der Waals surface area (Å²) in [6.07, 6.45) is 0.0458. The molecule has 0 radical (unpaired) electrons. The number of carbonyl (C=O) groups is 2. The molecule has 7 nitrogen and oxygen atoms in total. The number of nitrogens with one attached hydrogen (secondary N) is 3. The molecule has 3 rings (SSSR count). The fourth-order valence-corrected chi connectivity index (χ4v) is 3.04. The van der Waals surface area contributed by atoms with Crippen LogP contribution in [0.5, 0.6) is 0 Å². The van der Waals surface area contributed by atoms with E-state index in [4.69, 9.17) is 4.74 Å². The molecule has 3 amide bonds. The molecule has 29 heavy (non-hydrogen) atoms. The van der Waals surface area contributed by atoms with Crippen LogP contribution in [0.25, 0.3) is 0 Å². The van der Waals surface area contributed by atoms with Crippen LogP contribution in [0.4, 0.5) is 9.18 Å². The van der Waals surface area contributed by atoms with E-state index in [0.717, 1.165) is 38.4 Å². The Kier molecular flexibility index (Phi) is 7.54. The van der Waals surface area contributed by atoms with E-state index in [1.54, 1.807) is 0 Å². The lowest BCUT2D eigenvalue weighted by atomic mass is 10.1. The number of amides is 3. The van der Waals surface area contributed by atoms with Gasteiger partial charge in [-0.3, -0.25) is 15.1 Å². The molecule has 1 saturated heterocycles. The van der Waals surface area contributed by atoms with E-state index in [-0.39, 0.29) is 18.1 Å². The van der Waals surface area contributed by atoms with Crippen LogP contribution in [0.15, 0.2) is 48.5 Å². The first-order valence-corrected chi connectivity index (χ1v) is 9.53. The summed E-state index contributed by atoms with van der Waals surface area (Å²) in [6, 6.07) is 13.2. The van der Waals surface area contributed by atoms with Gasteiger partial charge in [0, 0.05) is 26.2 Å². The maximum absolute atomic E-state index is 12.9. The van der Waals surface area contributed by atoms with Crippen molar-refractivity contribution in [2.75, 3.05) is 26.3 Å². The summed E-state index contributed by atoms with van der Waals surface area (Å²) in [4.78, 5) is 26.1. The van der Waals surface area contributed by atoms with Crippen molar-refractivity contribution < 1.29 is 18.7 Å². The van der Waals surface area contributed by atoms with Crippen molar-refractivity contribution in [2.45, 2.75) is 19.5 Å². The number of halogens is 1. The average Bonchev–Trinajstić information content (AvgIpc) is 2.73. The van der Waals surface area contributed by atoms with Crippen LogP contribution in [-0.4, -0.2) is 43.1 Å². The molecule has 0 aliphatic carbocycles. The summed E-state index contributed by atoms with van der Waals surface area (Å²) in [5.41, 5.74) is 7.46. The van der Waals surface area contributed by atoms with Gasteiger partial charge < -0.3 is 10.1 Å². The normalized spacial score (nSPS) is 14.2. The average molecular weight is 400 g/mol. The Bertz CT molecular complexity index is 823. The molecule has 0 atom stereocenters. The SMILES string of the molecule is O=C(Cc1ccc(F)cc1)NNC(=O)NCc1cccc(CN2CCOCC2)c1. The van der Waals surface area contributed by atoms with Crippen molar-refractivity contribution >= 4 is 11.9 Å². The fraction of sp³-hybridized carbons (Fsp3) is 0.333. The predicted octanol–water partition coefficient (Wildman–Crippen LogP) is 1.73. The fourth-order valence-electron chi connectivity index (χ4n) is 3.04. The molecular formula is C21H25FN4O3. The van der Waals surface area contributed by atoms with Crippen molar-refractivity contribution in [1.29, 1.82) is 0 Å². The van der Waals surface area contributed by atoms with Crippen molar-refractivity contribution in [1.82, 2.24) is 21.1 Å². The number of morpholine rings is 1. The molecule has 0 saturated carbocycles. The maximum Gasteiger partial charge on any atom is 0.333 e. The van der Waals surface area contributed by atoms with E-state index < -0.39 is 6.03 Å². The van der Waals surface area contributed by atoms with E-state index in [1.165, 1.54) is 29.8 Å². The van der Waals surface area contributed by atoms with Gasteiger partial charge in [-0.25, -0.2) is 14.6 Å². The van der Waals surface area contributed by atoms with Crippen molar-refractivity contribution in [3.63, 3.8) is 0 Å².